The molecule has 1 atom stereocenters. The molecule has 0 spiro atoms. The van der Waals surface area contributed by atoms with Gasteiger partial charge >= 0.3 is 0 Å². The van der Waals surface area contributed by atoms with Gasteiger partial charge in [-0.25, -0.2) is 4.98 Å². The van der Waals surface area contributed by atoms with E-state index in [2.05, 4.69) is 56.8 Å². The Morgan fingerprint density at radius 1 is 1.21 bits per heavy atom. The highest BCUT2D eigenvalue weighted by Crippen LogP contribution is 2.30. The minimum Gasteiger partial charge on any atom is -1.00 e. The van der Waals surface area contributed by atoms with Crippen molar-refractivity contribution in [2.24, 2.45) is 0 Å². The first kappa shape index (κ1) is 19.1. The summed E-state index contributed by atoms with van der Waals surface area (Å²) in [4.78, 5) is 4.80. The van der Waals surface area contributed by atoms with Gasteiger partial charge in [0.05, 0.1) is 32.1 Å². The van der Waals surface area contributed by atoms with Crippen LogP contribution in [0.15, 0.2) is 48.0 Å². The Hall–Kier alpha value is -1.18. The van der Waals surface area contributed by atoms with Crippen molar-refractivity contribution in [1.29, 1.82) is 0 Å². The first-order valence-electron chi connectivity index (χ1n) is 7.86. The highest BCUT2D eigenvalue weighted by atomic mass is 127. The van der Waals surface area contributed by atoms with E-state index in [-0.39, 0.29) is 24.0 Å². The molecule has 0 aliphatic carbocycles. The van der Waals surface area contributed by atoms with Crippen molar-refractivity contribution in [1.82, 2.24) is 4.98 Å². The van der Waals surface area contributed by atoms with Crippen molar-refractivity contribution in [2.75, 3.05) is 20.7 Å². The number of likely N-dealkylation sites (N-methyl/N-ethyl adjacent to an activating group) is 1. The van der Waals surface area contributed by atoms with E-state index in [9.17, 15) is 0 Å². The molecule has 1 unspecified atom stereocenters. The summed E-state index contributed by atoms with van der Waals surface area (Å²) in [6.45, 7) is 5.53. The maximum atomic E-state index is 5.21. The third-order valence-corrected chi connectivity index (χ3v) is 5.51. The Kier molecular flexibility index (Phi) is 6.22. The molecule has 0 N–H and O–H groups in total. The SMILES string of the molecule is COc1ccc(-c2csc(C3=CC[N+](C)(C(C)C)C=C3)n2)cc1.[I-]. The minimum absolute atomic E-state index is 0. The lowest BCUT2D eigenvalue weighted by molar-refractivity contribution is -0.875. The number of quaternary nitrogens is 1. The number of halogens is 1. The molecule has 0 radical (unpaired) electrons. The van der Waals surface area contributed by atoms with Gasteiger partial charge in [-0.3, -0.25) is 4.48 Å². The normalized spacial score (nSPS) is 19.8. The molecule has 0 amide bonds. The van der Waals surface area contributed by atoms with Crippen LogP contribution < -0.4 is 28.7 Å². The molecule has 0 fully saturated rings. The average Bonchev–Trinajstić information content (AvgIpc) is 3.05. The van der Waals surface area contributed by atoms with Gasteiger partial charge in [-0.15, -0.1) is 11.3 Å². The smallest absolute Gasteiger partial charge is 0.124 e. The number of rotatable bonds is 4. The van der Waals surface area contributed by atoms with E-state index in [0.717, 1.165) is 33.0 Å². The number of benzene rings is 1. The van der Waals surface area contributed by atoms with E-state index in [0.29, 0.717) is 6.04 Å². The zero-order valence-electron chi connectivity index (χ0n) is 14.5. The fraction of sp³-hybridized carbons (Fsp3) is 0.316. The summed E-state index contributed by atoms with van der Waals surface area (Å²) >= 11 is 1.70. The lowest BCUT2D eigenvalue weighted by atomic mass is 10.1. The number of methoxy groups -OCH3 is 1. The first-order valence-corrected chi connectivity index (χ1v) is 8.74. The number of hydrogen-bond donors (Lipinski definition) is 0. The van der Waals surface area contributed by atoms with Crippen molar-refractivity contribution < 1.29 is 33.2 Å². The van der Waals surface area contributed by atoms with Crippen LogP contribution in [-0.2, 0) is 0 Å². The van der Waals surface area contributed by atoms with Gasteiger partial charge in [-0.05, 0) is 44.2 Å². The van der Waals surface area contributed by atoms with Crippen LogP contribution in [0.4, 0.5) is 0 Å². The zero-order chi connectivity index (χ0) is 16.4. The molecule has 2 aromatic rings. The molecule has 5 heteroatoms. The number of thiazole rings is 1. The molecule has 2 heterocycles. The standard InChI is InChI=1S/C19H23N2OS.HI/c1-14(2)21(3)11-9-16(10-12-21)19-20-18(13-23-19)15-5-7-17(22-4)8-6-15;/h5-11,13-14H,12H2,1-4H3;1H/q+1;/p-1. The maximum Gasteiger partial charge on any atom is 0.124 e. The summed E-state index contributed by atoms with van der Waals surface area (Å²) in [6, 6.07) is 8.62. The van der Waals surface area contributed by atoms with Gasteiger partial charge in [0.2, 0.25) is 0 Å². The summed E-state index contributed by atoms with van der Waals surface area (Å²) in [5, 5.41) is 3.21. The summed E-state index contributed by atoms with van der Waals surface area (Å²) in [7, 11) is 3.94. The Balaban J connectivity index is 0.00000208. The molecule has 3 rings (SSSR count). The second-order valence-electron chi connectivity index (χ2n) is 6.36. The van der Waals surface area contributed by atoms with Gasteiger partial charge in [0.1, 0.15) is 17.3 Å². The molecule has 1 aromatic carbocycles. The van der Waals surface area contributed by atoms with Crippen molar-refractivity contribution in [3.8, 4) is 17.0 Å². The van der Waals surface area contributed by atoms with Crippen LogP contribution in [0.1, 0.15) is 18.9 Å². The van der Waals surface area contributed by atoms with Crippen LogP contribution >= 0.6 is 11.3 Å². The van der Waals surface area contributed by atoms with Crippen LogP contribution in [0.3, 0.4) is 0 Å². The van der Waals surface area contributed by atoms with Crippen LogP contribution in [0.5, 0.6) is 5.75 Å². The molecule has 1 aliphatic heterocycles. The molecular weight excluding hydrogens is 431 g/mol. The Bertz CT molecular complexity index is 749. The molecule has 0 saturated heterocycles. The van der Waals surface area contributed by atoms with Gasteiger partial charge in [0.25, 0.3) is 0 Å². The molecule has 24 heavy (non-hydrogen) atoms. The van der Waals surface area contributed by atoms with Gasteiger partial charge in [0, 0.05) is 22.6 Å². The first-order chi connectivity index (χ1) is 11.0. The van der Waals surface area contributed by atoms with Gasteiger partial charge in [-0.2, -0.15) is 0 Å². The fourth-order valence-corrected chi connectivity index (χ4v) is 3.37. The molecule has 0 bridgehead atoms. The third kappa shape index (κ3) is 3.90. The summed E-state index contributed by atoms with van der Waals surface area (Å²) in [5.74, 6) is 0.868. The van der Waals surface area contributed by atoms with Crippen LogP contribution in [-0.4, -0.2) is 36.2 Å². The topological polar surface area (TPSA) is 22.1 Å². The second-order valence-corrected chi connectivity index (χ2v) is 7.22. The predicted molar refractivity (Wildman–Crippen MR) is 97.4 cm³/mol. The van der Waals surface area contributed by atoms with Gasteiger partial charge in [-0.1, -0.05) is 0 Å². The number of allylic oxidation sites excluding steroid dienone is 2. The third-order valence-electron chi connectivity index (χ3n) is 4.62. The number of nitrogens with zero attached hydrogens (tertiary/aromatic N) is 2. The van der Waals surface area contributed by atoms with E-state index in [4.69, 9.17) is 9.72 Å². The van der Waals surface area contributed by atoms with Crippen molar-refractivity contribution in [2.45, 2.75) is 19.9 Å². The maximum absolute atomic E-state index is 5.21. The highest BCUT2D eigenvalue weighted by molar-refractivity contribution is 7.11. The van der Waals surface area contributed by atoms with Crippen LogP contribution in [0, 0.1) is 0 Å². The Labute approximate surface area is 165 Å². The largest absolute Gasteiger partial charge is 1.00 e. The summed E-state index contributed by atoms with van der Waals surface area (Å²) < 4.78 is 6.15. The molecule has 128 valence electrons. The van der Waals surface area contributed by atoms with E-state index < -0.39 is 0 Å². The van der Waals surface area contributed by atoms with E-state index in [1.54, 1.807) is 18.4 Å². The van der Waals surface area contributed by atoms with Gasteiger partial charge in [0.15, 0.2) is 0 Å². The highest BCUT2D eigenvalue weighted by Gasteiger charge is 2.25. The number of ether oxygens (including phenoxy) is 1. The summed E-state index contributed by atoms with van der Waals surface area (Å²) in [5.41, 5.74) is 3.37. The lowest BCUT2D eigenvalue weighted by Crippen LogP contribution is -3.00. The molecule has 0 saturated carbocycles. The van der Waals surface area contributed by atoms with Crippen LogP contribution in [0.25, 0.3) is 16.8 Å². The van der Waals surface area contributed by atoms with Crippen molar-refractivity contribution in [3.63, 3.8) is 0 Å². The molecular formula is C19H23IN2OS. The second kappa shape index (κ2) is 7.80. The van der Waals surface area contributed by atoms with E-state index in [1.165, 1.54) is 5.57 Å². The van der Waals surface area contributed by atoms with Gasteiger partial charge < -0.3 is 28.7 Å². The number of hydrogen-bond acceptors (Lipinski definition) is 3. The van der Waals surface area contributed by atoms with E-state index in [1.807, 2.05) is 12.1 Å². The Morgan fingerprint density at radius 2 is 1.92 bits per heavy atom. The quantitative estimate of drug-likeness (QED) is 0.517. The predicted octanol–water partition coefficient (Wildman–Crippen LogP) is 1.59. The average molecular weight is 454 g/mol. The molecule has 1 aromatic heterocycles. The monoisotopic (exact) mass is 454 g/mol. The van der Waals surface area contributed by atoms with Crippen molar-refractivity contribution in [3.05, 3.63) is 53.0 Å². The van der Waals surface area contributed by atoms with Crippen LogP contribution in [0.2, 0.25) is 0 Å². The minimum atomic E-state index is 0. The zero-order valence-corrected chi connectivity index (χ0v) is 17.5. The Morgan fingerprint density at radius 3 is 2.46 bits per heavy atom. The van der Waals surface area contributed by atoms with E-state index >= 15 is 0 Å². The lowest BCUT2D eigenvalue weighted by Gasteiger charge is -2.35. The molecule has 3 nitrogen and oxygen atoms in total. The fourth-order valence-electron chi connectivity index (χ4n) is 2.52. The van der Waals surface area contributed by atoms with Crippen molar-refractivity contribution >= 4 is 16.9 Å². The molecule has 1 aliphatic rings. The summed E-state index contributed by atoms with van der Waals surface area (Å²) in [6.07, 6.45) is 6.80. The number of aromatic nitrogens is 1.